The fraction of sp³-hybridized carbons (Fsp3) is 0.652. The topological polar surface area (TPSA) is 52.7 Å². The summed E-state index contributed by atoms with van der Waals surface area (Å²) in [7, 11) is 0. The monoisotopic (exact) mass is 383 g/mol. The lowest BCUT2D eigenvalue weighted by atomic mass is 9.71. The van der Waals surface area contributed by atoms with Gasteiger partial charge in [-0.3, -0.25) is 9.59 Å². The average molecular weight is 384 g/mol. The predicted molar refractivity (Wildman–Crippen MR) is 112 cm³/mol. The number of nitrogens with zero attached hydrogens (tertiary/aromatic N) is 2. The van der Waals surface area contributed by atoms with Gasteiger partial charge in [0.15, 0.2) is 12.1 Å². The number of anilines is 1. The molecule has 3 heterocycles. The van der Waals surface area contributed by atoms with Crippen molar-refractivity contribution in [3.8, 4) is 0 Å². The Morgan fingerprint density at radius 3 is 2.57 bits per heavy atom. The highest BCUT2D eigenvalue weighted by molar-refractivity contribution is 6.04. The second-order valence-corrected chi connectivity index (χ2v) is 9.24. The molecule has 0 bridgehead atoms. The minimum Gasteiger partial charge on any atom is -0.370 e. The van der Waals surface area contributed by atoms with Crippen molar-refractivity contribution in [3.05, 3.63) is 29.3 Å². The molecule has 1 unspecified atom stereocenters. The zero-order valence-electron chi connectivity index (χ0n) is 17.2. The second-order valence-electron chi connectivity index (χ2n) is 9.24. The van der Waals surface area contributed by atoms with Crippen LogP contribution in [0.25, 0.3) is 0 Å². The van der Waals surface area contributed by atoms with E-state index in [1.165, 1.54) is 45.6 Å². The SMILES string of the molecule is CCC(C)C(=O)c1ccc(N2CC3(CCN(CC4CNC4)CC3)C2)cc1C=O. The zero-order valence-corrected chi connectivity index (χ0v) is 17.2. The van der Waals surface area contributed by atoms with E-state index in [4.69, 9.17) is 0 Å². The van der Waals surface area contributed by atoms with Crippen molar-refractivity contribution < 1.29 is 9.59 Å². The van der Waals surface area contributed by atoms with Gasteiger partial charge in [-0.2, -0.15) is 0 Å². The summed E-state index contributed by atoms with van der Waals surface area (Å²) >= 11 is 0. The molecule has 0 saturated carbocycles. The van der Waals surface area contributed by atoms with Gasteiger partial charge in [-0.15, -0.1) is 0 Å². The van der Waals surface area contributed by atoms with Crippen LogP contribution in [0.3, 0.4) is 0 Å². The maximum Gasteiger partial charge on any atom is 0.166 e. The molecule has 3 saturated heterocycles. The highest BCUT2D eigenvalue weighted by Crippen LogP contribution is 2.43. The minimum atomic E-state index is -0.0438. The van der Waals surface area contributed by atoms with Crippen LogP contribution in [0.1, 0.15) is 53.8 Å². The normalized spacial score (nSPS) is 23.1. The Morgan fingerprint density at radius 1 is 1.29 bits per heavy atom. The van der Waals surface area contributed by atoms with Gasteiger partial charge >= 0.3 is 0 Å². The van der Waals surface area contributed by atoms with Gasteiger partial charge in [0.05, 0.1) is 0 Å². The molecule has 3 aliphatic heterocycles. The summed E-state index contributed by atoms with van der Waals surface area (Å²) in [5, 5.41) is 3.36. The van der Waals surface area contributed by atoms with E-state index >= 15 is 0 Å². The summed E-state index contributed by atoms with van der Waals surface area (Å²) in [4.78, 5) is 29.1. The molecule has 0 amide bonds. The summed E-state index contributed by atoms with van der Waals surface area (Å²) in [5.74, 6) is 0.883. The molecule has 1 aromatic rings. The number of rotatable bonds is 7. The first kappa shape index (κ1) is 19.6. The van der Waals surface area contributed by atoms with E-state index in [1.54, 1.807) is 0 Å². The summed E-state index contributed by atoms with van der Waals surface area (Å²) in [6, 6.07) is 5.79. The minimum absolute atomic E-state index is 0.0438. The fourth-order valence-electron chi connectivity index (χ4n) is 4.83. The van der Waals surface area contributed by atoms with E-state index in [0.717, 1.165) is 37.4 Å². The van der Waals surface area contributed by atoms with Crippen LogP contribution in [0.15, 0.2) is 18.2 Å². The molecule has 0 radical (unpaired) electrons. The number of Topliss-reactive ketones (excluding diaryl/α,β-unsaturated/α-hetero) is 1. The Balaban J connectivity index is 1.35. The lowest BCUT2D eigenvalue weighted by Crippen LogP contribution is -2.61. The third-order valence-electron chi connectivity index (χ3n) is 7.20. The van der Waals surface area contributed by atoms with Gasteiger partial charge in [-0.1, -0.05) is 13.8 Å². The summed E-state index contributed by atoms with van der Waals surface area (Å²) in [5.41, 5.74) is 2.63. The van der Waals surface area contributed by atoms with E-state index in [-0.39, 0.29) is 11.7 Å². The summed E-state index contributed by atoms with van der Waals surface area (Å²) in [6.45, 7) is 12.1. The van der Waals surface area contributed by atoms with E-state index in [0.29, 0.717) is 16.5 Å². The largest absolute Gasteiger partial charge is 0.370 e. The van der Waals surface area contributed by atoms with Crippen LogP contribution in [0.2, 0.25) is 0 Å². The number of benzene rings is 1. The molecule has 152 valence electrons. The van der Waals surface area contributed by atoms with E-state index in [9.17, 15) is 9.59 Å². The molecular weight excluding hydrogens is 350 g/mol. The molecule has 1 N–H and O–H groups in total. The van der Waals surface area contributed by atoms with Crippen LogP contribution in [0.5, 0.6) is 0 Å². The Morgan fingerprint density at radius 2 is 2.00 bits per heavy atom. The summed E-state index contributed by atoms with van der Waals surface area (Å²) in [6.07, 6.45) is 4.17. The molecule has 3 fully saturated rings. The third kappa shape index (κ3) is 3.74. The highest BCUT2D eigenvalue weighted by atomic mass is 16.1. The number of nitrogens with one attached hydrogen (secondary N) is 1. The smallest absolute Gasteiger partial charge is 0.166 e. The number of likely N-dealkylation sites (tertiary alicyclic amines) is 1. The Bertz CT molecular complexity index is 727. The zero-order chi connectivity index (χ0) is 19.7. The quantitative estimate of drug-likeness (QED) is 0.580. The maximum absolute atomic E-state index is 12.5. The first-order valence-electron chi connectivity index (χ1n) is 10.8. The summed E-state index contributed by atoms with van der Waals surface area (Å²) < 4.78 is 0. The number of aldehydes is 1. The van der Waals surface area contributed by atoms with Crippen molar-refractivity contribution in [1.82, 2.24) is 10.2 Å². The molecule has 28 heavy (non-hydrogen) atoms. The molecule has 1 aromatic carbocycles. The second kappa shape index (κ2) is 7.96. The van der Waals surface area contributed by atoms with Crippen LogP contribution in [0, 0.1) is 17.3 Å². The van der Waals surface area contributed by atoms with Crippen LogP contribution < -0.4 is 10.2 Å². The lowest BCUT2D eigenvalue weighted by molar-refractivity contribution is 0.0616. The van der Waals surface area contributed by atoms with Crippen LogP contribution in [0.4, 0.5) is 5.69 Å². The fourth-order valence-corrected chi connectivity index (χ4v) is 4.83. The van der Waals surface area contributed by atoms with Crippen LogP contribution >= 0.6 is 0 Å². The van der Waals surface area contributed by atoms with E-state index in [2.05, 4.69) is 15.1 Å². The van der Waals surface area contributed by atoms with Crippen molar-refractivity contribution in [2.75, 3.05) is 50.7 Å². The Labute approximate surface area is 168 Å². The van der Waals surface area contributed by atoms with Gasteiger partial charge in [0.1, 0.15) is 0 Å². The predicted octanol–water partition coefficient (Wildman–Crippen LogP) is 2.85. The van der Waals surface area contributed by atoms with Crippen molar-refractivity contribution in [3.63, 3.8) is 0 Å². The van der Waals surface area contributed by atoms with Crippen molar-refractivity contribution >= 4 is 17.8 Å². The molecule has 3 aliphatic rings. The van der Waals surface area contributed by atoms with Crippen molar-refractivity contribution in [1.29, 1.82) is 0 Å². The molecule has 5 heteroatoms. The van der Waals surface area contributed by atoms with Crippen molar-refractivity contribution in [2.24, 2.45) is 17.3 Å². The molecule has 0 aliphatic carbocycles. The molecule has 0 aromatic heterocycles. The molecule has 4 rings (SSSR count). The van der Waals surface area contributed by atoms with Gasteiger partial charge < -0.3 is 15.1 Å². The maximum atomic E-state index is 12.5. The number of hydrogen-bond donors (Lipinski definition) is 1. The third-order valence-corrected chi connectivity index (χ3v) is 7.20. The first-order chi connectivity index (χ1) is 13.5. The van der Waals surface area contributed by atoms with Crippen molar-refractivity contribution in [2.45, 2.75) is 33.1 Å². The van der Waals surface area contributed by atoms with Crippen LogP contribution in [-0.4, -0.2) is 62.8 Å². The number of carbonyl (C=O) groups is 2. The molecule has 1 spiro atoms. The number of ketones is 1. The van der Waals surface area contributed by atoms with Gasteiger partial charge in [0, 0.05) is 60.9 Å². The highest BCUT2D eigenvalue weighted by Gasteiger charge is 2.45. The molecular formula is C23H33N3O2. The number of carbonyl (C=O) groups excluding carboxylic acids is 2. The lowest BCUT2D eigenvalue weighted by Gasteiger charge is -2.55. The van der Waals surface area contributed by atoms with Gasteiger partial charge in [-0.25, -0.2) is 0 Å². The Hall–Kier alpha value is -1.72. The molecule has 1 atom stereocenters. The van der Waals surface area contributed by atoms with E-state index < -0.39 is 0 Å². The molecule has 5 nitrogen and oxygen atoms in total. The van der Waals surface area contributed by atoms with Crippen LogP contribution in [-0.2, 0) is 0 Å². The van der Waals surface area contributed by atoms with E-state index in [1.807, 2.05) is 32.0 Å². The Kier molecular flexibility index (Phi) is 5.57. The van der Waals surface area contributed by atoms with Gasteiger partial charge in [0.2, 0.25) is 0 Å². The average Bonchev–Trinajstić information content (AvgIpc) is 2.67. The number of hydrogen-bond acceptors (Lipinski definition) is 5. The van der Waals surface area contributed by atoms with Gasteiger partial charge in [0.25, 0.3) is 0 Å². The number of piperidine rings is 1. The standard InChI is InChI=1S/C23H33N3O2/c1-3-17(2)22(28)21-5-4-20(10-19(21)14-27)26-15-23(16-26)6-8-25(9-7-23)13-18-11-24-12-18/h4-5,10,14,17-18,24H,3,6-9,11-13,15-16H2,1-2H3. The van der Waals surface area contributed by atoms with Gasteiger partial charge in [-0.05, 0) is 56.5 Å². The first-order valence-corrected chi connectivity index (χ1v) is 10.8.